The summed E-state index contributed by atoms with van der Waals surface area (Å²) in [6, 6.07) is 0. The third-order valence-electron chi connectivity index (χ3n) is 0. The van der Waals surface area contributed by atoms with E-state index in [-0.39, 0.29) is 54.6 Å². The first-order chi connectivity index (χ1) is 1.73. The van der Waals surface area contributed by atoms with Gasteiger partial charge in [-0.15, -0.1) is 0 Å². The molecule has 0 heterocycles. The Hall–Kier alpha value is 1.31. The van der Waals surface area contributed by atoms with E-state index in [2.05, 4.69) is 0 Å². The van der Waals surface area contributed by atoms with E-state index in [1.54, 1.807) is 0 Å². The Morgan fingerprint density at radius 1 is 1.50 bits per heavy atom. The Kier molecular flexibility index (Phi) is 25.0. The van der Waals surface area contributed by atoms with Crippen molar-refractivity contribution in [2.24, 2.45) is 0 Å². The second-order valence-electron chi connectivity index (χ2n) is 0.492. The Morgan fingerprint density at radius 2 is 1.50 bits per heavy atom. The van der Waals surface area contributed by atoms with Crippen LogP contribution in [0.4, 0.5) is 0 Å². The van der Waals surface area contributed by atoms with Crippen molar-refractivity contribution in [2.45, 2.75) is 6.92 Å². The normalized spacial score (nSPS) is 4.17. The van der Waals surface area contributed by atoms with Crippen molar-refractivity contribution in [1.29, 1.82) is 0 Å². The largest absolute Gasteiger partial charge is 0.550 e. The van der Waals surface area contributed by atoms with Crippen molar-refractivity contribution in [3.63, 3.8) is 0 Å². The van der Waals surface area contributed by atoms with E-state index in [4.69, 9.17) is 9.90 Å². The molecule has 0 rings (SSSR count). The number of hydrogen-bond acceptors (Lipinski definition) is 2. The predicted octanol–water partition coefficient (Wildman–Crippen LogP) is -2.01. The fraction of sp³-hybridized carbons (Fsp3) is 0.500. The number of hydrogen-bond donors (Lipinski definition) is 0. The molecule has 0 aliphatic carbocycles. The van der Waals surface area contributed by atoms with E-state index in [1.165, 1.54) is 0 Å². The molecule has 0 aromatic heterocycles. The minimum absolute atomic E-state index is 0. The number of aliphatic carboxylic acids is 1. The van der Waals surface area contributed by atoms with Gasteiger partial charge in [0.2, 0.25) is 0 Å². The van der Waals surface area contributed by atoms with Crippen LogP contribution < -0.4 is 5.11 Å². The molecule has 6 heavy (non-hydrogen) atoms. The Morgan fingerprint density at radius 3 is 1.50 bits per heavy atom. The summed E-state index contributed by atoms with van der Waals surface area (Å²) >= 11 is 0. The van der Waals surface area contributed by atoms with Crippen LogP contribution in [-0.2, 0) is 4.79 Å². The van der Waals surface area contributed by atoms with E-state index in [9.17, 15) is 0 Å². The molecule has 0 spiro atoms. The van der Waals surface area contributed by atoms with Gasteiger partial charge in [-0.2, -0.15) is 0 Å². The van der Waals surface area contributed by atoms with E-state index < -0.39 is 5.97 Å². The number of carbonyl (C=O) groups excluding carboxylic acids is 1. The SMILES string of the molecule is CC(=O)[O-].[Pb].[Pb]. The molecule has 4 heteroatoms. The first-order valence-electron chi connectivity index (χ1n) is 0.908. The molecular weight excluding hydrogens is 470 g/mol. The molecule has 32 valence electrons. The number of carboxylic acids is 1. The van der Waals surface area contributed by atoms with Gasteiger partial charge in [-0.3, -0.25) is 0 Å². The third kappa shape index (κ3) is 57.3. The quantitative estimate of drug-likeness (QED) is 0.382. The van der Waals surface area contributed by atoms with Crippen LogP contribution in [0.5, 0.6) is 0 Å². The van der Waals surface area contributed by atoms with Gasteiger partial charge < -0.3 is 9.90 Å². The van der Waals surface area contributed by atoms with Crippen LogP contribution >= 0.6 is 0 Å². The van der Waals surface area contributed by atoms with E-state index in [0.717, 1.165) is 6.92 Å². The fourth-order valence-corrected chi connectivity index (χ4v) is 0. The van der Waals surface area contributed by atoms with Crippen LogP contribution in [0, 0.1) is 0 Å². The van der Waals surface area contributed by atoms with Crippen LogP contribution in [-0.4, -0.2) is 60.6 Å². The summed E-state index contributed by atoms with van der Waals surface area (Å²) in [7, 11) is 0. The Balaban J connectivity index is -0.0000000450. The monoisotopic (exact) mass is 475 g/mol. The minimum Gasteiger partial charge on any atom is -0.550 e. The van der Waals surface area contributed by atoms with Crippen LogP contribution in [0.2, 0.25) is 0 Å². The van der Waals surface area contributed by atoms with Crippen LogP contribution in [0.1, 0.15) is 6.92 Å². The standard InChI is InChI=1S/C2H4O2.2Pb/c1-2(3)4;;/h1H3,(H,3,4);;/p-1. The van der Waals surface area contributed by atoms with Gasteiger partial charge in [-0.1, -0.05) is 0 Å². The average molecular weight is 473 g/mol. The van der Waals surface area contributed by atoms with Crippen molar-refractivity contribution in [3.05, 3.63) is 0 Å². The summed E-state index contributed by atoms with van der Waals surface area (Å²) in [4.78, 5) is 8.89. The average Bonchev–Trinajstić information content (AvgIpc) is 0.811. The van der Waals surface area contributed by atoms with Gasteiger partial charge in [0.1, 0.15) is 0 Å². The van der Waals surface area contributed by atoms with E-state index in [0.29, 0.717) is 0 Å². The van der Waals surface area contributed by atoms with Crippen molar-refractivity contribution in [1.82, 2.24) is 0 Å². The second kappa shape index (κ2) is 9.58. The zero-order valence-corrected chi connectivity index (χ0v) is 11.1. The molecule has 0 saturated heterocycles. The molecule has 0 unspecified atom stereocenters. The zero-order valence-electron chi connectivity index (χ0n) is 3.32. The summed E-state index contributed by atoms with van der Waals surface area (Å²) in [5, 5.41) is 8.89. The molecule has 0 fully saturated rings. The van der Waals surface area contributed by atoms with Crippen LogP contribution in [0.15, 0.2) is 0 Å². The van der Waals surface area contributed by atoms with Crippen molar-refractivity contribution >= 4 is 60.6 Å². The summed E-state index contributed by atoms with van der Waals surface area (Å²) in [5.74, 6) is -1.08. The topological polar surface area (TPSA) is 40.1 Å². The third-order valence-corrected chi connectivity index (χ3v) is 0. The smallest absolute Gasteiger partial charge is 0.0383 e. The zero-order chi connectivity index (χ0) is 3.58. The molecule has 0 saturated carbocycles. The van der Waals surface area contributed by atoms with Gasteiger partial charge in [0.15, 0.2) is 0 Å². The molecule has 0 bridgehead atoms. The summed E-state index contributed by atoms with van der Waals surface area (Å²) in [5.41, 5.74) is 0. The molecular formula is C2H3O2Pb2-. The Labute approximate surface area is 76.6 Å². The van der Waals surface area contributed by atoms with Crippen molar-refractivity contribution < 1.29 is 9.90 Å². The van der Waals surface area contributed by atoms with E-state index >= 15 is 0 Å². The van der Waals surface area contributed by atoms with Gasteiger partial charge in [-0.25, -0.2) is 0 Å². The second-order valence-corrected chi connectivity index (χ2v) is 0.492. The number of carbonyl (C=O) groups is 1. The molecule has 0 aliphatic heterocycles. The van der Waals surface area contributed by atoms with Crippen LogP contribution in [0.25, 0.3) is 0 Å². The van der Waals surface area contributed by atoms with Gasteiger partial charge in [-0.05, 0) is 6.92 Å². The molecule has 0 aliphatic rings. The molecule has 0 aromatic carbocycles. The fourth-order valence-electron chi connectivity index (χ4n) is 0. The first kappa shape index (κ1) is 15.7. The summed E-state index contributed by atoms with van der Waals surface area (Å²) < 4.78 is 0. The van der Waals surface area contributed by atoms with Crippen LogP contribution in [0.3, 0.4) is 0 Å². The molecule has 8 radical (unpaired) electrons. The van der Waals surface area contributed by atoms with Crippen molar-refractivity contribution in [3.8, 4) is 0 Å². The van der Waals surface area contributed by atoms with Crippen molar-refractivity contribution in [2.75, 3.05) is 0 Å². The van der Waals surface area contributed by atoms with Gasteiger partial charge >= 0.3 is 0 Å². The molecule has 2 nitrogen and oxygen atoms in total. The molecule has 0 amide bonds. The predicted molar refractivity (Wildman–Crippen MR) is 22.2 cm³/mol. The number of carboxylic acid groups (broad SMARTS) is 1. The maximum absolute atomic E-state index is 8.89. The maximum Gasteiger partial charge on any atom is 0.0383 e. The minimum atomic E-state index is -1.08. The van der Waals surface area contributed by atoms with E-state index in [1.807, 2.05) is 0 Å². The molecule has 0 aromatic rings. The Bertz CT molecular complexity index is 32.5. The van der Waals surface area contributed by atoms with Gasteiger partial charge in [0, 0.05) is 60.6 Å². The first-order valence-corrected chi connectivity index (χ1v) is 0.908. The summed E-state index contributed by atoms with van der Waals surface area (Å²) in [6.07, 6.45) is 0. The molecule has 0 N–H and O–H groups in total. The van der Waals surface area contributed by atoms with Gasteiger partial charge in [0.25, 0.3) is 0 Å². The maximum atomic E-state index is 8.89. The number of rotatable bonds is 0. The summed E-state index contributed by atoms with van der Waals surface area (Å²) in [6.45, 7) is 0.972. The van der Waals surface area contributed by atoms with Gasteiger partial charge in [0.05, 0.1) is 0 Å². The molecule has 0 atom stereocenters.